The van der Waals surface area contributed by atoms with Crippen molar-refractivity contribution in [1.29, 1.82) is 0 Å². The van der Waals surface area contributed by atoms with Crippen LogP contribution in [-0.4, -0.2) is 27.8 Å². The molecule has 0 aliphatic rings. The quantitative estimate of drug-likeness (QED) is 0.615. The van der Waals surface area contributed by atoms with E-state index >= 15 is 0 Å². The van der Waals surface area contributed by atoms with E-state index in [1.54, 1.807) is 0 Å². The number of aryl methyl sites for hydroxylation is 2. The number of benzene rings is 2. The van der Waals surface area contributed by atoms with E-state index in [1.165, 1.54) is 5.56 Å². The summed E-state index contributed by atoms with van der Waals surface area (Å²) >= 11 is 0. The van der Waals surface area contributed by atoms with Gasteiger partial charge in [0.05, 0.1) is 6.10 Å². The molecule has 1 atom stereocenters. The predicted molar refractivity (Wildman–Crippen MR) is 116 cm³/mol. The SMILES string of the molecule is Cc1ccc(-c2nnc(CCC(=O)NCC(O)c3ccc(C(C)(C)C)cc3)o2)cc1. The Morgan fingerprint density at radius 3 is 2.37 bits per heavy atom. The third kappa shape index (κ3) is 5.76. The monoisotopic (exact) mass is 407 g/mol. The van der Waals surface area contributed by atoms with Gasteiger partial charge in [-0.1, -0.05) is 62.7 Å². The van der Waals surface area contributed by atoms with Crippen molar-refractivity contribution in [2.75, 3.05) is 6.54 Å². The van der Waals surface area contributed by atoms with Crippen LogP contribution >= 0.6 is 0 Å². The number of aliphatic hydroxyl groups excluding tert-OH is 1. The van der Waals surface area contributed by atoms with Gasteiger partial charge in [0.15, 0.2) is 0 Å². The molecular formula is C24H29N3O3. The summed E-state index contributed by atoms with van der Waals surface area (Å²) in [7, 11) is 0. The van der Waals surface area contributed by atoms with Gasteiger partial charge < -0.3 is 14.8 Å². The molecule has 1 amide bonds. The highest BCUT2D eigenvalue weighted by atomic mass is 16.4. The lowest BCUT2D eigenvalue weighted by Gasteiger charge is -2.20. The number of carbonyl (C=O) groups is 1. The van der Waals surface area contributed by atoms with Crippen LogP contribution in [0.25, 0.3) is 11.5 Å². The third-order valence-corrected chi connectivity index (χ3v) is 4.99. The molecule has 0 saturated heterocycles. The maximum absolute atomic E-state index is 12.1. The topological polar surface area (TPSA) is 88.2 Å². The molecule has 6 nitrogen and oxygen atoms in total. The highest BCUT2D eigenvalue weighted by molar-refractivity contribution is 5.76. The van der Waals surface area contributed by atoms with Crippen LogP contribution in [0.3, 0.4) is 0 Å². The zero-order valence-corrected chi connectivity index (χ0v) is 18.0. The van der Waals surface area contributed by atoms with Crippen molar-refractivity contribution in [3.8, 4) is 11.5 Å². The average molecular weight is 408 g/mol. The third-order valence-electron chi connectivity index (χ3n) is 4.99. The molecule has 0 aliphatic heterocycles. The number of aromatic nitrogens is 2. The van der Waals surface area contributed by atoms with Crippen molar-refractivity contribution >= 4 is 5.91 Å². The van der Waals surface area contributed by atoms with Gasteiger partial charge in [0.1, 0.15) is 0 Å². The summed E-state index contributed by atoms with van der Waals surface area (Å²) in [6.07, 6.45) is -0.189. The lowest BCUT2D eigenvalue weighted by molar-refractivity contribution is -0.121. The molecule has 2 N–H and O–H groups in total. The van der Waals surface area contributed by atoms with Crippen LogP contribution in [0.2, 0.25) is 0 Å². The Morgan fingerprint density at radius 2 is 1.73 bits per heavy atom. The number of hydrogen-bond donors (Lipinski definition) is 2. The number of nitrogens with zero attached hydrogens (tertiary/aromatic N) is 2. The molecule has 1 aromatic heterocycles. The summed E-state index contributed by atoms with van der Waals surface area (Å²) in [4.78, 5) is 12.1. The summed E-state index contributed by atoms with van der Waals surface area (Å²) < 4.78 is 5.64. The molecule has 158 valence electrons. The minimum absolute atomic E-state index is 0.0613. The summed E-state index contributed by atoms with van der Waals surface area (Å²) in [6.45, 7) is 8.61. The van der Waals surface area contributed by atoms with Gasteiger partial charge in [-0.2, -0.15) is 0 Å². The summed E-state index contributed by atoms with van der Waals surface area (Å²) in [6, 6.07) is 15.7. The van der Waals surface area contributed by atoms with Gasteiger partial charge in [0, 0.05) is 24.9 Å². The van der Waals surface area contributed by atoms with Gasteiger partial charge >= 0.3 is 0 Å². The van der Waals surface area contributed by atoms with Crippen molar-refractivity contribution in [3.63, 3.8) is 0 Å². The number of hydrogen-bond acceptors (Lipinski definition) is 5. The van der Waals surface area contributed by atoms with Crippen LogP contribution in [0.5, 0.6) is 0 Å². The molecule has 0 bridgehead atoms. The van der Waals surface area contributed by atoms with Crippen LogP contribution in [0.15, 0.2) is 52.9 Å². The van der Waals surface area contributed by atoms with Gasteiger partial charge in [0.25, 0.3) is 0 Å². The zero-order valence-electron chi connectivity index (χ0n) is 18.0. The second kappa shape index (κ2) is 9.22. The number of rotatable bonds is 7. The fraction of sp³-hybridized carbons (Fsp3) is 0.375. The van der Waals surface area contributed by atoms with Gasteiger partial charge in [-0.05, 0) is 35.6 Å². The lowest BCUT2D eigenvalue weighted by Crippen LogP contribution is -2.28. The van der Waals surface area contributed by atoms with Crippen molar-refractivity contribution in [3.05, 3.63) is 71.1 Å². The maximum atomic E-state index is 12.1. The van der Waals surface area contributed by atoms with Crippen molar-refractivity contribution < 1.29 is 14.3 Å². The molecule has 0 radical (unpaired) electrons. The number of nitrogens with one attached hydrogen (secondary N) is 1. The molecule has 6 heteroatoms. The predicted octanol–water partition coefficient (Wildman–Crippen LogP) is 4.12. The molecule has 0 spiro atoms. The van der Waals surface area contributed by atoms with E-state index in [4.69, 9.17) is 4.42 Å². The Balaban J connectivity index is 1.46. The first-order valence-corrected chi connectivity index (χ1v) is 10.2. The smallest absolute Gasteiger partial charge is 0.247 e. The van der Waals surface area contributed by atoms with Crippen LogP contribution in [-0.2, 0) is 16.6 Å². The molecule has 3 aromatic rings. The van der Waals surface area contributed by atoms with Gasteiger partial charge in [-0.25, -0.2) is 0 Å². The first kappa shape index (κ1) is 21.7. The van der Waals surface area contributed by atoms with Gasteiger partial charge in [-0.15, -0.1) is 10.2 Å². The highest BCUT2D eigenvalue weighted by Gasteiger charge is 2.16. The molecule has 0 saturated carbocycles. The van der Waals surface area contributed by atoms with Crippen molar-refractivity contribution in [1.82, 2.24) is 15.5 Å². The van der Waals surface area contributed by atoms with Crippen LogP contribution < -0.4 is 5.32 Å². The highest BCUT2D eigenvalue weighted by Crippen LogP contribution is 2.24. The Morgan fingerprint density at radius 1 is 1.07 bits per heavy atom. The number of amides is 1. The van der Waals surface area contributed by atoms with E-state index in [2.05, 4.69) is 36.3 Å². The standard InChI is InChI=1S/C24H29N3O3/c1-16-5-7-18(8-6-16)23-27-26-22(30-23)14-13-21(29)25-15-20(28)17-9-11-19(12-10-17)24(2,3)4/h5-12,20,28H,13-15H2,1-4H3,(H,25,29). The molecule has 1 heterocycles. The molecule has 3 rings (SSSR count). The summed E-state index contributed by atoms with van der Waals surface area (Å²) in [5.41, 5.74) is 4.05. The lowest BCUT2D eigenvalue weighted by atomic mass is 9.86. The molecule has 2 aromatic carbocycles. The summed E-state index contributed by atoms with van der Waals surface area (Å²) in [5.74, 6) is 0.689. The van der Waals surface area contributed by atoms with E-state index in [0.29, 0.717) is 18.2 Å². The number of aliphatic hydroxyl groups is 1. The van der Waals surface area contributed by atoms with E-state index in [1.807, 2.05) is 55.5 Å². The second-order valence-electron chi connectivity index (χ2n) is 8.56. The van der Waals surface area contributed by atoms with Crippen molar-refractivity contribution in [2.45, 2.75) is 52.1 Å². The molecule has 30 heavy (non-hydrogen) atoms. The Kier molecular flexibility index (Phi) is 6.67. The largest absolute Gasteiger partial charge is 0.421 e. The van der Waals surface area contributed by atoms with E-state index in [9.17, 15) is 9.90 Å². The molecule has 0 aliphatic carbocycles. The number of carbonyl (C=O) groups excluding carboxylic acids is 1. The molecule has 1 unspecified atom stereocenters. The Bertz CT molecular complexity index is 970. The summed E-state index contributed by atoms with van der Waals surface area (Å²) in [5, 5.41) is 21.2. The Labute approximate surface area is 177 Å². The zero-order chi connectivity index (χ0) is 21.7. The maximum Gasteiger partial charge on any atom is 0.247 e. The molecule has 0 fully saturated rings. The van der Waals surface area contributed by atoms with E-state index < -0.39 is 6.10 Å². The first-order valence-electron chi connectivity index (χ1n) is 10.2. The second-order valence-corrected chi connectivity index (χ2v) is 8.56. The fourth-order valence-corrected chi connectivity index (χ4v) is 3.01. The molecular weight excluding hydrogens is 378 g/mol. The van der Waals surface area contributed by atoms with E-state index in [-0.39, 0.29) is 24.3 Å². The minimum Gasteiger partial charge on any atom is -0.421 e. The fourth-order valence-electron chi connectivity index (χ4n) is 3.01. The average Bonchev–Trinajstić information content (AvgIpc) is 3.19. The van der Waals surface area contributed by atoms with Crippen molar-refractivity contribution in [2.24, 2.45) is 0 Å². The van der Waals surface area contributed by atoms with Crippen LogP contribution in [0.1, 0.15) is 55.9 Å². The minimum atomic E-state index is -0.750. The van der Waals surface area contributed by atoms with Crippen LogP contribution in [0.4, 0.5) is 0 Å². The Hall–Kier alpha value is -2.99. The normalized spacial score (nSPS) is 12.6. The van der Waals surface area contributed by atoms with E-state index in [0.717, 1.165) is 16.7 Å². The van der Waals surface area contributed by atoms with Gasteiger partial charge in [0.2, 0.25) is 17.7 Å². The van der Waals surface area contributed by atoms with Gasteiger partial charge in [-0.3, -0.25) is 4.79 Å². The van der Waals surface area contributed by atoms with Crippen LogP contribution in [0, 0.1) is 6.92 Å². The first-order chi connectivity index (χ1) is 14.2.